The Kier molecular flexibility index (Phi) is 4.05. The first kappa shape index (κ1) is 11.5. The van der Waals surface area contributed by atoms with Crippen LogP contribution in [0.15, 0.2) is 36.9 Å². The van der Waals surface area contributed by atoms with Gasteiger partial charge in [-0.3, -0.25) is 4.79 Å². The van der Waals surface area contributed by atoms with Crippen molar-refractivity contribution >= 4 is 17.2 Å². The van der Waals surface area contributed by atoms with E-state index in [0.29, 0.717) is 5.75 Å². The lowest BCUT2D eigenvalue weighted by Crippen LogP contribution is -2.26. The lowest BCUT2D eigenvalue weighted by molar-refractivity contribution is -0.114. The highest BCUT2D eigenvalue weighted by Crippen LogP contribution is 2.11. The minimum atomic E-state index is -1.88. The summed E-state index contributed by atoms with van der Waals surface area (Å²) in [7, 11) is 0. The van der Waals surface area contributed by atoms with Crippen LogP contribution in [-0.2, 0) is 16.1 Å². The third-order valence-electron chi connectivity index (χ3n) is 1.56. The summed E-state index contributed by atoms with van der Waals surface area (Å²) in [6.07, 6.45) is 1.02. The van der Waals surface area contributed by atoms with Crippen LogP contribution >= 0.6 is 0 Å². The summed E-state index contributed by atoms with van der Waals surface area (Å²) in [4.78, 5) is 10.8. The van der Waals surface area contributed by atoms with Gasteiger partial charge in [0, 0.05) is 0 Å². The summed E-state index contributed by atoms with van der Waals surface area (Å²) in [6.45, 7) is 5.16. The molecular weight excluding hydrogens is 214 g/mol. The predicted octanol–water partition coefficient (Wildman–Crippen LogP) is 1.25. The highest BCUT2D eigenvalue weighted by molar-refractivity contribution is 7.79. The monoisotopic (exact) mass is 225 g/mol. The highest BCUT2D eigenvalue weighted by Gasteiger charge is 2.04. The Morgan fingerprint density at radius 3 is 2.60 bits per heavy atom. The molecule has 0 saturated heterocycles. The molecule has 15 heavy (non-hydrogen) atoms. The van der Waals surface area contributed by atoms with Gasteiger partial charge in [0.1, 0.15) is 5.75 Å². The Labute approximate surface area is 90.7 Å². The van der Waals surface area contributed by atoms with Crippen molar-refractivity contribution in [2.24, 2.45) is 0 Å². The second kappa shape index (κ2) is 5.31. The van der Waals surface area contributed by atoms with Crippen LogP contribution in [0.2, 0.25) is 0 Å². The van der Waals surface area contributed by atoms with Crippen molar-refractivity contribution < 1.29 is 13.2 Å². The van der Waals surface area contributed by atoms with Crippen LogP contribution in [0.4, 0.5) is 0 Å². The van der Waals surface area contributed by atoms with E-state index in [1.807, 2.05) is 19.1 Å². The third-order valence-corrected chi connectivity index (χ3v) is 2.27. The molecule has 80 valence electrons. The molecule has 1 unspecified atom stereocenters. The Balaban J connectivity index is 2.55. The molecule has 0 spiro atoms. The molecule has 1 aromatic carbocycles. The average Bonchev–Trinajstić information content (AvgIpc) is 2.21. The molecule has 0 aliphatic carbocycles. The second-order valence-electron chi connectivity index (χ2n) is 2.80. The Morgan fingerprint density at radius 2 is 2.07 bits per heavy atom. The zero-order valence-electron chi connectivity index (χ0n) is 8.23. The van der Waals surface area contributed by atoms with Crippen molar-refractivity contribution in [3.05, 3.63) is 42.5 Å². The topological polar surface area (TPSA) is 55.4 Å². The van der Waals surface area contributed by atoms with E-state index in [2.05, 4.69) is 11.3 Å². The lowest BCUT2D eigenvalue weighted by atomic mass is 10.2. The number of rotatable bonds is 4. The van der Waals surface area contributed by atoms with Crippen LogP contribution in [-0.4, -0.2) is 10.1 Å². The molecule has 1 rings (SSSR count). The Bertz CT molecular complexity index is 386. The molecule has 0 saturated carbocycles. The van der Waals surface area contributed by atoms with Crippen LogP contribution < -0.4 is 8.91 Å². The van der Waals surface area contributed by atoms with Crippen molar-refractivity contribution in [3.8, 4) is 5.75 Å². The zero-order chi connectivity index (χ0) is 11.3. The molecule has 1 amide bonds. The van der Waals surface area contributed by atoms with E-state index in [1.54, 1.807) is 12.1 Å². The summed E-state index contributed by atoms with van der Waals surface area (Å²) in [5.41, 5.74) is 1.07. The van der Waals surface area contributed by atoms with E-state index >= 15 is 0 Å². The maximum Gasteiger partial charge on any atom is 0.318 e. The van der Waals surface area contributed by atoms with Gasteiger partial charge in [-0.1, -0.05) is 24.3 Å². The molecule has 4 nitrogen and oxygen atoms in total. The number of nitrogens with one attached hydrogen (secondary N) is 1. The number of carbonyl (C=O) groups excluding carboxylic acids is 1. The molecule has 0 fully saturated rings. The summed E-state index contributed by atoms with van der Waals surface area (Å²) in [5, 5.41) is 0. The normalized spacial score (nSPS) is 11.5. The summed E-state index contributed by atoms with van der Waals surface area (Å²) >= 11 is -1.88. The van der Waals surface area contributed by atoms with E-state index in [0.717, 1.165) is 11.6 Å². The number of carbonyl (C=O) groups is 1. The van der Waals surface area contributed by atoms with Crippen molar-refractivity contribution in [1.29, 1.82) is 0 Å². The summed E-state index contributed by atoms with van der Waals surface area (Å²) in [5.74, 6) is -0.108. The number of benzene rings is 1. The molecule has 0 heterocycles. The molecule has 5 heteroatoms. The molecule has 1 N–H and O–H groups in total. The molecule has 0 aliphatic heterocycles. The Hall–Kier alpha value is -1.62. The standard InChI is InChI=1S/C10H11NO3S/c1-3-10(12)11-15(13)14-9-6-4-8(2)5-7-9/h3-7H,1H2,2H3,(H,11,12). The fourth-order valence-corrected chi connectivity index (χ4v) is 1.40. The first-order valence-corrected chi connectivity index (χ1v) is 5.29. The van der Waals surface area contributed by atoms with Gasteiger partial charge in [-0.15, -0.1) is 0 Å². The minimum absolute atomic E-state index is 0.434. The van der Waals surface area contributed by atoms with Gasteiger partial charge < -0.3 is 4.18 Å². The molecule has 0 aromatic heterocycles. The summed E-state index contributed by atoms with van der Waals surface area (Å²) < 4.78 is 18.2. The number of hydrogen-bond acceptors (Lipinski definition) is 3. The van der Waals surface area contributed by atoms with Crippen molar-refractivity contribution in [1.82, 2.24) is 4.72 Å². The van der Waals surface area contributed by atoms with Gasteiger partial charge in [-0.2, -0.15) is 4.21 Å². The van der Waals surface area contributed by atoms with Crippen LogP contribution in [0.1, 0.15) is 5.56 Å². The van der Waals surface area contributed by atoms with Crippen LogP contribution in [0, 0.1) is 6.92 Å². The fourth-order valence-electron chi connectivity index (χ4n) is 0.826. The number of aryl methyl sites for hydroxylation is 1. The van der Waals surface area contributed by atoms with Gasteiger partial charge >= 0.3 is 11.3 Å². The smallest absolute Gasteiger partial charge is 0.318 e. The maximum atomic E-state index is 11.2. The second-order valence-corrected chi connectivity index (χ2v) is 3.64. The SMILES string of the molecule is C=CC(=O)NS(=O)Oc1ccc(C)cc1. The van der Waals surface area contributed by atoms with Gasteiger partial charge in [0.2, 0.25) is 0 Å². The van der Waals surface area contributed by atoms with E-state index in [1.165, 1.54) is 0 Å². The van der Waals surface area contributed by atoms with Crippen molar-refractivity contribution in [2.75, 3.05) is 0 Å². The average molecular weight is 225 g/mol. The molecule has 0 radical (unpaired) electrons. The van der Waals surface area contributed by atoms with Crippen molar-refractivity contribution in [2.45, 2.75) is 6.92 Å². The van der Waals surface area contributed by atoms with E-state index < -0.39 is 17.2 Å². The molecular formula is C10H11NO3S. The Morgan fingerprint density at radius 1 is 1.47 bits per heavy atom. The summed E-state index contributed by atoms with van der Waals surface area (Å²) in [6, 6.07) is 6.99. The zero-order valence-corrected chi connectivity index (χ0v) is 9.04. The first-order valence-electron chi connectivity index (χ1n) is 4.21. The van der Waals surface area contributed by atoms with Crippen LogP contribution in [0.25, 0.3) is 0 Å². The van der Waals surface area contributed by atoms with Gasteiger partial charge in [0.15, 0.2) is 0 Å². The van der Waals surface area contributed by atoms with E-state index in [-0.39, 0.29) is 0 Å². The van der Waals surface area contributed by atoms with Crippen molar-refractivity contribution in [3.63, 3.8) is 0 Å². The number of amides is 1. The quantitative estimate of drug-likeness (QED) is 0.785. The van der Waals surface area contributed by atoms with E-state index in [9.17, 15) is 9.00 Å². The largest absolute Gasteiger partial charge is 0.385 e. The highest BCUT2D eigenvalue weighted by atomic mass is 32.2. The maximum absolute atomic E-state index is 11.2. The molecule has 0 aliphatic rings. The molecule has 1 atom stereocenters. The lowest BCUT2D eigenvalue weighted by Gasteiger charge is -2.04. The first-order chi connectivity index (χ1) is 7.11. The number of hydrogen-bond donors (Lipinski definition) is 1. The van der Waals surface area contributed by atoms with Gasteiger partial charge in [-0.05, 0) is 25.1 Å². The third kappa shape index (κ3) is 3.95. The van der Waals surface area contributed by atoms with Gasteiger partial charge in [0.25, 0.3) is 5.91 Å². The minimum Gasteiger partial charge on any atom is -0.385 e. The van der Waals surface area contributed by atoms with Crippen LogP contribution in [0.3, 0.4) is 0 Å². The van der Waals surface area contributed by atoms with E-state index in [4.69, 9.17) is 4.18 Å². The van der Waals surface area contributed by atoms with Gasteiger partial charge in [0.05, 0.1) is 0 Å². The molecule has 0 bridgehead atoms. The van der Waals surface area contributed by atoms with Crippen LogP contribution in [0.5, 0.6) is 5.75 Å². The fraction of sp³-hybridized carbons (Fsp3) is 0.100. The predicted molar refractivity (Wildman–Crippen MR) is 58.3 cm³/mol. The molecule has 1 aromatic rings. The van der Waals surface area contributed by atoms with Gasteiger partial charge in [-0.25, -0.2) is 4.72 Å².